The maximum absolute atomic E-state index is 9.63. The van der Waals surface area contributed by atoms with Crippen LogP contribution in [0.5, 0.6) is 0 Å². The van der Waals surface area contributed by atoms with Crippen molar-refractivity contribution in [2.75, 3.05) is 18.0 Å². The Hall–Kier alpha value is -1.09. The fourth-order valence-corrected chi connectivity index (χ4v) is 2.11. The Morgan fingerprint density at radius 1 is 1.28 bits per heavy atom. The molecule has 0 fully saturated rings. The molecule has 0 radical (unpaired) electrons. The Morgan fingerprint density at radius 2 is 1.94 bits per heavy atom. The summed E-state index contributed by atoms with van der Waals surface area (Å²) in [5, 5.41) is 9.63. The van der Waals surface area contributed by atoms with Gasteiger partial charge in [0.1, 0.15) is 5.82 Å². The van der Waals surface area contributed by atoms with Crippen molar-refractivity contribution in [1.29, 1.82) is 0 Å². The van der Waals surface area contributed by atoms with Crippen molar-refractivity contribution >= 4 is 5.82 Å². The molecule has 1 aromatic heterocycles. The smallest absolute Gasteiger partial charge is 0.128 e. The second-order valence-corrected chi connectivity index (χ2v) is 4.84. The number of hydrogen-bond donors (Lipinski definition) is 1. The van der Waals surface area contributed by atoms with Crippen LogP contribution < -0.4 is 4.90 Å². The number of aliphatic hydroxyl groups excluding tert-OH is 1. The average molecular weight is 250 g/mol. The van der Waals surface area contributed by atoms with E-state index in [1.165, 1.54) is 12.8 Å². The summed E-state index contributed by atoms with van der Waals surface area (Å²) >= 11 is 0. The molecule has 0 aliphatic carbocycles. The fraction of sp³-hybridized carbons (Fsp3) is 0.667. The van der Waals surface area contributed by atoms with Gasteiger partial charge in [-0.05, 0) is 37.5 Å². The van der Waals surface area contributed by atoms with Gasteiger partial charge in [0, 0.05) is 19.3 Å². The molecule has 3 nitrogen and oxygen atoms in total. The number of aromatic nitrogens is 1. The third kappa shape index (κ3) is 3.98. The quantitative estimate of drug-likeness (QED) is 0.805. The lowest BCUT2D eigenvalue weighted by Crippen LogP contribution is -2.29. The van der Waals surface area contributed by atoms with Gasteiger partial charge in [0.2, 0.25) is 0 Å². The van der Waals surface area contributed by atoms with Crippen LogP contribution in [-0.4, -0.2) is 23.2 Å². The minimum absolute atomic E-state index is 0.432. The number of anilines is 1. The molecule has 1 N–H and O–H groups in total. The van der Waals surface area contributed by atoms with Crippen molar-refractivity contribution in [2.24, 2.45) is 5.92 Å². The van der Waals surface area contributed by atoms with Crippen LogP contribution >= 0.6 is 0 Å². The molecule has 0 aromatic carbocycles. The van der Waals surface area contributed by atoms with Gasteiger partial charge in [0.05, 0.1) is 6.10 Å². The van der Waals surface area contributed by atoms with Gasteiger partial charge in [0.15, 0.2) is 0 Å². The highest BCUT2D eigenvalue weighted by molar-refractivity contribution is 5.41. The standard InChI is InChI=1S/C15H26N2O/c1-5-13(6-2)11-17(7-3)15-10-14(12(4)18)8-9-16-15/h8-10,12-13,18H,5-7,11H2,1-4H3/t12-/m0/s1. The molecule has 1 atom stereocenters. The summed E-state index contributed by atoms with van der Waals surface area (Å²) in [6.07, 6.45) is 3.75. The summed E-state index contributed by atoms with van der Waals surface area (Å²) in [5.74, 6) is 1.68. The van der Waals surface area contributed by atoms with Gasteiger partial charge >= 0.3 is 0 Å². The number of nitrogens with zero attached hydrogens (tertiary/aromatic N) is 2. The second kappa shape index (κ2) is 7.37. The topological polar surface area (TPSA) is 36.4 Å². The summed E-state index contributed by atoms with van der Waals surface area (Å²) in [6, 6.07) is 3.87. The minimum Gasteiger partial charge on any atom is -0.389 e. The molecule has 3 heteroatoms. The fourth-order valence-electron chi connectivity index (χ4n) is 2.11. The molecule has 0 aliphatic heterocycles. The van der Waals surface area contributed by atoms with Gasteiger partial charge in [-0.2, -0.15) is 0 Å². The molecule has 0 amide bonds. The maximum atomic E-state index is 9.63. The third-order valence-corrected chi connectivity index (χ3v) is 3.59. The van der Waals surface area contributed by atoms with E-state index in [1.54, 1.807) is 13.1 Å². The van der Waals surface area contributed by atoms with Gasteiger partial charge in [-0.3, -0.25) is 0 Å². The molecular formula is C15H26N2O. The van der Waals surface area contributed by atoms with E-state index in [0.29, 0.717) is 5.92 Å². The van der Waals surface area contributed by atoms with Crippen LogP contribution in [0.2, 0.25) is 0 Å². The largest absolute Gasteiger partial charge is 0.389 e. The molecule has 0 unspecified atom stereocenters. The molecule has 1 heterocycles. The highest BCUT2D eigenvalue weighted by Gasteiger charge is 2.12. The van der Waals surface area contributed by atoms with Crippen LogP contribution in [0.15, 0.2) is 18.3 Å². The van der Waals surface area contributed by atoms with Gasteiger partial charge in [-0.15, -0.1) is 0 Å². The zero-order valence-corrected chi connectivity index (χ0v) is 12.1. The Bertz CT molecular complexity index is 348. The SMILES string of the molecule is CCC(CC)CN(CC)c1cc([C@H](C)O)ccn1. The van der Waals surface area contributed by atoms with E-state index in [-0.39, 0.29) is 0 Å². The first kappa shape index (κ1) is 15.0. The number of pyridine rings is 1. The van der Waals surface area contributed by atoms with E-state index in [2.05, 4.69) is 30.7 Å². The Morgan fingerprint density at radius 3 is 2.44 bits per heavy atom. The maximum Gasteiger partial charge on any atom is 0.128 e. The zero-order valence-electron chi connectivity index (χ0n) is 12.1. The zero-order chi connectivity index (χ0) is 13.5. The van der Waals surface area contributed by atoms with Crippen molar-refractivity contribution in [3.8, 4) is 0 Å². The first-order valence-corrected chi connectivity index (χ1v) is 7.01. The monoisotopic (exact) mass is 250 g/mol. The van der Waals surface area contributed by atoms with Crippen molar-refractivity contribution in [2.45, 2.75) is 46.6 Å². The molecule has 0 bridgehead atoms. The van der Waals surface area contributed by atoms with Crippen molar-refractivity contribution in [1.82, 2.24) is 4.98 Å². The van der Waals surface area contributed by atoms with Gasteiger partial charge < -0.3 is 10.0 Å². The van der Waals surface area contributed by atoms with Crippen molar-refractivity contribution < 1.29 is 5.11 Å². The number of aliphatic hydroxyl groups is 1. The van der Waals surface area contributed by atoms with E-state index in [1.807, 2.05) is 12.1 Å². The lowest BCUT2D eigenvalue weighted by atomic mass is 10.0. The highest BCUT2D eigenvalue weighted by atomic mass is 16.3. The molecule has 0 spiro atoms. The van der Waals surface area contributed by atoms with Crippen molar-refractivity contribution in [3.63, 3.8) is 0 Å². The molecular weight excluding hydrogens is 224 g/mol. The van der Waals surface area contributed by atoms with Crippen LogP contribution in [-0.2, 0) is 0 Å². The molecule has 0 saturated heterocycles. The van der Waals surface area contributed by atoms with E-state index in [4.69, 9.17) is 0 Å². The molecule has 18 heavy (non-hydrogen) atoms. The van der Waals surface area contributed by atoms with Crippen LogP contribution in [0.4, 0.5) is 5.82 Å². The highest BCUT2D eigenvalue weighted by Crippen LogP contribution is 2.20. The first-order chi connectivity index (χ1) is 8.62. The van der Waals surface area contributed by atoms with Gasteiger partial charge in [0.25, 0.3) is 0 Å². The van der Waals surface area contributed by atoms with Crippen LogP contribution in [0.1, 0.15) is 52.2 Å². The minimum atomic E-state index is -0.432. The predicted molar refractivity (Wildman–Crippen MR) is 76.8 cm³/mol. The molecule has 102 valence electrons. The predicted octanol–water partition coefficient (Wildman–Crippen LogP) is 3.40. The van der Waals surface area contributed by atoms with E-state index < -0.39 is 6.10 Å². The molecule has 0 saturated carbocycles. The lowest BCUT2D eigenvalue weighted by Gasteiger charge is -2.26. The van der Waals surface area contributed by atoms with Gasteiger partial charge in [-0.1, -0.05) is 26.7 Å². The number of rotatable bonds is 7. The van der Waals surface area contributed by atoms with Crippen molar-refractivity contribution in [3.05, 3.63) is 23.9 Å². The summed E-state index contributed by atoms with van der Waals surface area (Å²) in [6.45, 7) is 10.4. The average Bonchev–Trinajstić information content (AvgIpc) is 2.40. The summed E-state index contributed by atoms with van der Waals surface area (Å²) in [7, 11) is 0. The molecule has 1 rings (SSSR count). The third-order valence-electron chi connectivity index (χ3n) is 3.59. The van der Waals surface area contributed by atoms with E-state index >= 15 is 0 Å². The normalized spacial score (nSPS) is 12.8. The van der Waals surface area contributed by atoms with Crippen LogP contribution in [0.3, 0.4) is 0 Å². The van der Waals surface area contributed by atoms with Gasteiger partial charge in [-0.25, -0.2) is 4.98 Å². The molecule has 0 aliphatic rings. The van der Waals surface area contributed by atoms with E-state index in [0.717, 1.165) is 24.5 Å². The Kier molecular flexibility index (Phi) is 6.13. The van der Waals surface area contributed by atoms with E-state index in [9.17, 15) is 5.11 Å². The Labute approximate surface area is 111 Å². The second-order valence-electron chi connectivity index (χ2n) is 4.84. The Balaban J connectivity index is 2.84. The van der Waals surface area contributed by atoms with Crippen LogP contribution in [0.25, 0.3) is 0 Å². The molecule has 1 aromatic rings. The lowest BCUT2D eigenvalue weighted by molar-refractivity contribution is 0.199. The summed E-state index contributed by atoms with van der Waals surface area (Å²) < 4.78 is 0. The first-order valence-electron chi connectivity index (χ1n) is 7.01. The van der Waals surface area contributed by atoms with Crippen LogP contribution in [0, 0.1) is 5.92 Å². The summed E-state index contributed by atoms with van der Waals surface area (Å²) in [5.41, 5.74) is 0.933. The summed E-state index contributed by atoms with van der Waals surface area (Å²) in [4.78, 5) is 6.72. The number of hydrogen-bond acceptors (Lipinski definition) is 3.